The van der Waals surface area contributed by atoms with Gasteiger partial charge in [0.25, 0.3) is 0 Å². The standard InChI is InChI=1S/C31H33Cl2N3O4/c1-21(37)34-20-28(38)36(24-14-16-25(40-2)17-15-24)31(18-6-3-7-19-31)30(39)35-29(22-10-12-23(32)13-11-22)26-8-4-5-9-27(26)33/h4-5,8-17,29H,3,6-7,18-20H2,1-2H3,(H,34,37)(H,35,39). The molecule has 40 heavy (non-hydrogen) atoms. The number of methoxy groups -OCH3 is 1. The Kier molecular flexibility index (Phi) is 9.71. The molecule has 1 aliphatic rings. The Bertz CT molecular complexity index is 1340. The number of carbonyl (C=O) groups excluding carboxylic acids is 3. The van der Waals surface area contributed by atoms with E-state index in [1.165, 1.54) is 6.92 Å². The molecule has 3 amide bonds. The van der Waals surface area contributed by atoms with Crippen LogP contribution < -0.4 is 20.3 Å². The number of rotatable bonds is 9. The first kappa shape index (κ1) is 29.4. The van der Waals surface area contributed by atoms with Crippen molar-refractivity contribution in [3.8, 4) is 5.75 Å². The third-order valence-electron chi connectivity index (χ3n) is 7.29. The molecule has 7 nitrogen and oxygen atoms in total. The summed E-state index contributed by atoms with van der Waals surface area (Å²) >= 11 is 12.8. The van der Waals surface area contributed by atoms with E-state index in [0.717, 1.165) is 30.4 Å². The first-order valence-corrected chi connectivity index (χ1v) is 14.0. The van der Waals surface area contributed by atoms with Crippen LogP contribution in [0.5, 0.6) is 5.75 Å². The highest BCUT2D eigenvalue weighted by Gasteiger charge is 2.48. The maximum Gasteiger partial charge on any atom is 0.247 e. The topological polar surface area (TPSA) is 87.7 Å². The number of nitrogens with one attached hydrogen (secondary N) is 2. The zero-order valence-electron chi connectivity index (χ0n) is 22.6. The van der Waals surface area contributed by atoms with Crippen molar-refractivity contribution >= 4 is 46.6 Å². The molecule has 0 bridgehead atoms. The van der Waals surface area contributed by atoms with E-state index in [4.69, 9.17) is 27.9 Å². The van der Waals surface area contributed by atoms with Gasteiger partial charge >= 0.3 is 0 Å². The number of hydrogen-bond acceptors (Lipinski definition) is 4. The quantitative estimate of drug-likeness (QED) is 0.320. The molecule has 0 aliphatic heterocycles. The summed E-state index contributed by atoms with van der Waals surface area (Å²) in [5.41, 5.74) is 0.895. The molecule has 3 aromatic carbocycles. The van der Waals surface area contributed by atoms with Crippen LogP contribution in [0.25, 0.3) is 0 Å². The Balaban J connectivity index is 1.79. The van der Waals surface area contributed by atoms with E-state index in [9.17, 15) is 14.4 Å². The van der Waals surface area contributed by atoms with Gasteiger partial charge in [0.05, 0.1) is 19.7 Å². The van der Waals surface area contributed by atoms with Crippen LogP contribution in [0.3, 0.4) is 0 Å². The van der Waals surface area contributed by atoms with Gasteiger partial charge in [0, 0.05) is 22.7 Å². The van der Waals surface area contributed by atoms with Crippen LogP contribution in [0.2, 0.25) is 10.0 Å². The third kappa shape index (κ3) is 6.60. The molecule has 3 aromatic rings. The summed E-state index contributed by atoms with van der Waals surface area (Å²) in [6.45, 7) is 1.12. The number of carbonyl (C=O) groups is 3. The van der Waals surface area contributed by atoms with Gasteiger partial charge in [-0.15, -0.1) is 0 Å². The van der Waals surface area contributed by atoms with Crippen LogP contribution in [-0.2, 0) is 14.4 Å². The molecule has 0 spiro atoms. The maximum atomic E-state index is 14.5. The van der Waals surface area contributed by atoms with E-state index in [-0.39, 0.29) is 24.3 Å². The second kappa shape index (κ2) is 13.2. The third-order valence-corrected chi connectivity index (χ3v) is 7.89. The minimum Gasteiger partial charge on any atom is -0.497 e. The average Bonchev–Trinajstić information content (AvgIpc) is 2.96. The zero-order chi connectivity index (χ0) is 28.7. The van der Waals surface area contributed by atoms with Gasteiger partial charge < -0.3 is 15.4 Å². The van der Waals surface area contributed by atoms with Crippen molar-refractivity contribution in [2.45, 2.75) is 50.6 Å². The maximum absolute atomic E-state index is 14.5. The largest absolute Gasteiger partial charge is 0.497 e. The molecular weight excluding hydrogens is 549 g/mol. The van der Waals surface area contributed by atoms with E-state index in [1.54, 1.807) is 54.5 Å². The van der Waals surface area contributed by atoms with Crippen LogP contribution in [0.1, 0.15) is 56.2 Å². The number of hydrogen-bond donors (Lipinski definition) is 2. The molecule has 0 radical (unpaired) electrons. The molecule has 2 N–H and O–H groups in total. The Morgan fingerprint density at radius 2 is 1.57 bits per heavy atom. The average molecular weight is 583 g/mol. The Hall–Kier alpha value is -3.55. The Morgan fingerprint density at radius 1 is 0.925 bits per heavy atom. The van der Waals surface area contributed by atoms with Gasteiger partial charge in [-0.2, -0.15) is 0 Å². The van der Waals surface area contributed by atoms with Gasteiger partial charge in [-0.25, -0.2) is 0 Å². The predicted octanol–water partition coefficient (Wildman–Crippen LogP) is 6.08. The van der Waals surface area contributed by atoms with Crippen molar-refractivity contribution in [1.29, 1.82) is 0 Å². The highest BCUT2D eigenvalue weighted by Crippen LogP contribution is 2.39. The predicted molar refractivity (Wildman–Crippen MR) is 158 cm³/mol. The van der Waals surface area contributed by atoms with Crippen LogP contribution in [0.15, 0.2) is 72.8 Å². The number of anilines is 1. The van der Waals surface area contributed by atoms with Crippen LogP contribution in [0.4, 0.5) is 5.69 Å². The lowest BCUT2D eigenvalue weighted by molar-refractivity contribution is -0.132. The molecular formula is C31H33Cl2N3O4. The van der Waals surface area contributed by atoms with Gasteiger partial charge in [0.15, 0.2) is 0 Å². The van der Waals surface area contributed by atoms with Gasteiger partial charge in [-0.1, -0.05) is 72.8 Å². The number of nitrogens with zero attached hydrogens (tertiary/aromatic N) is 1. The summed E-state index contributed by atoms with van der Waals surface area (Å²) < 4.78 is 5.32. The lowest BCUT2D eigenvalue weighted by atomic mass is 9.78. The van der Waals surface area contributed by atoms with Crippen molar-refractivity contribution in [3.63, 3.8) is 0 Å². The normalized spacial score (nSPS) is 15.0. The number of ether oxygens (including phenoxy) is 1. The van der Waals surface area contributed by atoms with Crippen LogP contribution >= 0.6 is 23.2 Å². The monoisotopic (exact) mass is 581 g/mol. The molecule has 1 atom stereocenters. The Labute approximate surface area is 244 Å². The van der Waals surface area contributed by atoms with Crippen molar-refractivity contribution < 1.29 is 19.1 Å². The van der Waals surface area contributed by atoms with Crippen LogP contribution in [0, 0.1) is 0 Å². The smallest absolute Gasteiger partial charge is 0.247 e. The fourth-order valence-electron chi connectivity index (χ4n) is 5.30. The van der Waals surface area contributed by atoms with Gasteiger partial charge in [0.2, 0.25) is 17.7 Å². The van der Waals surface area contributed by atoms with Gasteiger partial charge in [-0.3, -0.25) is 19.3 Å². The summed E-state index contributed by atoms with van der Waals surface area (Å²) in [5, 5.41) is 6.93. The molecule has 1 aliphatic carbocycles. The van der Waals surface area contributed by atoms with E-state index in [1.807, 2.05) is 30.3 Å². The fraction of sp³-hybridized carbons (Fsp3) is 0.323. The molecule has 1 saturated carbocycles. The summed E-state index contributed by atoms with van der Waals surface area (Å²) in [6.07, 6.45) is 3.42. The number of halogens is 2. The lowest BCUT2D eigenvalue weighted by Gasteiger charge is -2.45. The highest BCUT2D eigenvalue weighted by atomic mass is 35.5. The number of amides is 3. The summed E-state index contributed by atoms with van der Waals surface area (Å²) in [6, 6.07) is 21.0. The number of benzene rings is 3. The van der Waals surface area contributed by atoms with Gasteiger partial charge in [0.1, 0.15) is 11.3 Å². The van der Waals surface area contributed by atoms with E-state index >= 15 is 0 Å². The van der Waals surface area contributed by atoms with Crippen molar-refractivity contribution in [2.75, 3.05) is 18.6 Å². The van der Waals surface area contributed by atoms with E-state index in [0.29, 0.717) is 34.3 Å². The first-order valence-electron chi connectivity index (χ1n) is 13.3. The molecule has 0 aromatic heterocycles. The molecule has 210 valence electrons. The minimum atomic E-state index is -1.19. The second-order valence-electron chi connectivity index (χ2n) is 9.91. The van der Waals surface area contributed by atoms with E-state index < -0.39 is 11.6 Å². The summed E-state index contributed by atoms with van der Waals surface area (Å²) in [4.78, 5) is 41.6. The van der Waals surface area contributed by atoms with Crippen molar-refractivity contribution in [3.05, 3.63) is 94.0 Å². The molecule has 1 unspecified atom stereocenters. The lowest BCUT2D eigenvalue weighted by Crippen LogP contribution is -2.63. The van der Waals surface area contributed by atoms with Gasteiger partial charge in [-0.05, 0) is 66.4 Å². The second-order valence-corrected chi connectivity index (χ2v) is 10.8. The highest BCUT2D eigenvalue weighted by molar-refractivity contribution is 6.31. The molecule has 1 fully saturated rings. The minimum absolute atomic E-state index is 0.235. The van der Waals surface area contributed by atoms with Crippen molar-refractivity contribution in [2.24, 2.45) is 0 Å². The first-order chi connectivity index (χ1) is 19.2. The Morgan fingerprint density at radius 3 is 2.17 bits per heavy atom. The zero-order valence-corrected chi connectivity index (χ0v) is 24.1. The molecule has 0 saturated heterocycles. The van der Waals surface area contributed by atoms with Crippen LogP contribution in [-0.4, -0.2) is 36.9 Å². The summed E-state index contributed by atoms with van der Waals surface area (Å²) in [5.74, 6) is -0.370. The SMILES string of the molecule is COc1ccc(N(C(=O)CNC(C)=O)C2(C(=O)NC(c3ccc(Cl)cc3)c3ccccc3Cl)CCCCC2)cc1. The van der Waals surface area contributed by atoms with Crippen molar-refractivity contribution in [1.82, 2.24) is 10.6 Å². The van der Waals surface area contributed by atoms with E-state index in [2.05, 4.69) is 10.6 Å². The fourth-order valence-corrected chi connectivity index (χ4v) is 5.67. The summed E-state index contributed by atoms with van der Waals surface area (Å²) in [7, 11) is 1.57. The molecule has 4 rings (SSSR count). The molecule has 0 heterocycles. The molecule has 9 heteroatoms.